The first-order valence-electron chi connectivity index (χ1n) is 11.6. The Kier molecular flexibility index (Phi) is 5.90. The van der Waals surface area contributed by atoms with E-state index in [-0.39, 0.29) is 18.0 Å². The van der Waals surface area contributed by atoms with Crippen molar-refractivity contribution in [3.8, 4) is 28.5 Å². The molecule has 0 saturated carbocycles. The third kappa shape index (κ3) is 3.87. The van der Waals surface area contributed by atoms with E-state index >= 15 is 0 Å². The number of nitrogens with zero attached hydrogens (tertiary/aromatic N) is 1. The van der Waals surface area contributed by atoms with Gasteiger partial charge in [0.1, 0.15) is 17.6 Å². The lowest BCUT2D eigenvalue weighted by atomic mass is 9.92. The third-order valence-corrected chi connectivity index (χ3v) is 6.93. The zero-order chi connectivity index (χ0) is 23.8. The molecule has 34 heavy (non-hydrogen) atoms. The second-order valence-corrected chi connectivity index (χ2v) is 8.96. The number of carbonyl (C=O) groups is 1. The molecule has 0 N–H and O–H groups in total. The average Bonchev–Trinajstić information content (AvgIpc) is 3.43. The number of hydrogen-bond donors (Lipinski definition) is 0. The first-order valence-corrected chi connectivity index (χ1v) is 11.6. The number of carbonyl (C=O) groups excluding carboxylic acids is 1. The monoisotopic (exact) mass is 459 g/mol. The molecule has 0 saturated heterocycles. The Morgan fingerprint density at radius 2 is 2.00 bits per heavy atom. The van der Waals surface area contributed by atoms with Crippen molar-refractivity contribution in [3.63, 3.8) is 0 Å². The van der Waals surface area contributed by atoms with Crippen LogP contribution in [0.4, 0.5) is 0 Å². The summed E-state index contributed by atoms with van der Waals surface area (Å²) in [6.07, 6.45) is 4.03. The van der Waals surface area contributed by atoms with Gasteiger partial charge >= 0.3 is 5.97 Å². The first kappa shape index (κ1) is 22.3. The van der Waals surface area contributed by atoms with Crippen molar-refractivity contribution in [3.05, 3.63) is 70.4 Å². The molecule has 5 rings (SSSR count). The van der Waals surface area contributed by atoms with E-state index in [0.29, 0.717) is 18.9 Å². The largest absolute Gasteiger partial charge is 0.492 e. The number of pyridine rings is 1. The molecular formula is C28H29NO5. The van der Waals surface area contributed by atoms with Gasteiger partial charge in [-0.15, -0.1) is 0 Å². The van der Waals surface area contributed by atoms with E-state index < -0.39 is 0 Å². The molecule has 0 bridgehead atoms. The predicted molar refractivity (Wildman–Crippen MR) is 129 cm³/mol. The van der Waals surface area contributed by atoms with Crippen LogP contribution in [-0.2, 0) is 16.0 Å². The van der Waals surface area contributed by atoms with Crippen LogP contribution >= 0.6 is 0 Å². The Balaban J connectivity index is 1.41. The van der Waals surface area contributed by atoms with Crippen LogP contribution in [0.5, 0.6) is 17.4 Å². The molecule has 1 aliphatic heterocycles. The Morgan fingerprint density at radius 1 is 1.15 bits per heavy atom. The molecule has 0 fully saturated rings. The Bertz CT molecular complexity index is 1250. The van der Waals surface area contributed by atoms with Crippen molar-refractivity contribution in [1.82, 2.24) is 4.98 Å². The fraction of sp³-hybridized carbons (Fsp3) is 0.357. The van der Waals surface area contributed by atoms with Gasteiger partial charge in [0.05, 0.1) is 27.2 Å². The van der Waals surface area contributed by atoms with Gasteiger partial charge in [-0.2, -0.15) is 0 Å². The molecule has 0 radical (unpaired) electrons. The number of hydrogen-bond acceptors (Lipinski definition) is 6. The highest BCUT2D eigenvalue weighted by atomic mass is 16.5. The Morgan fingerprint density at radius 3 is 2.79 bits per heavy atom. The van der Waals surface area contributed by atoms with E-state index in [4.69, 9.17) is 18.9 Å². The average molecular weight is 460 g/mol. The lowest BCUT2D eigenvalue weighted by Gasteiger charge is -2.18. The summed E-state index contributed by atoms with van der Waals surface area (Å²) in [5.41, 5.74) is 8.17. The maximum Gasteiger partial charge on any atom is 0.306 e. The summed E-state index contributed by atoms with van der Waals surface area (Å²) >= 11 is 0. The quantitative estimate of drug-likeness (QED) is 0.455. The second kappa shape index (κ2) is 9.01. The number of aryl methyl sites for hydroxylation is 1. The minimum atomic E-state index is -0.225. The van der Waals surface area contributed by atoms with Gasteiger partial charge in [0, 0.05) is 29.3 Å². The second-order valence-electron chi connectivity index (χ2n) is 8.96. The van der Waals surface area contributed by atoms with Crippen molar-refractivity contribution in [2.75, 3.05) is 20.8 Å². The van der Waals surface area contributed by atoms with Gasteiger partial charge in [-0.1, -0.05) is 24.3 Å². The number of methoxy groups -OCH3 is 2. The van der Waals surface area contributed by atoms with Crippen molar-refractivity contribution in [2.45, 2.75) is 45.1 Å². The van der Waals surface area contributed by atoms with E-state index in [1.165, 1.54) is 29.4 Å². The van der Waals surface area contributed by atoms with Crippen LogP contribution in [0, 0.1) is 13.8 Å². The summed E-state index contributed by atoms with van der Waals surface area (Å²) < 4.78 is 22.6. The predicted octanol–water partition coefficient (Wildman–Crippen LogP) is 5.48. The zero-order valence-corrected chi connectivity index (χ0v) is 20.0. The number of rotatable bonds is 6. The van der Waals surface area contributed by atoms with Gasteiger partial charge in [0.15, 0.2) is 0 Å². The molecule has 0 spiro atoms. The van der Waals surface area contributed by atoms with Crippen molar-refractivity contribution >= 4 is 5.97 Å². The Labute approximate surface area is 199 Å². The molecule has 6 nitrogen and oxygen atoms in total. The number of ether oxygens (including phenoxy) is 4. The molecule has 1 aliphatic carbocycles. The molecule has 1 unspecified atom stereocenters. The van der Waals surface area contributed by atoms with Gasteiger partial charge in [0.25, 0.3) is 0 Å². The standard InChI is InChI=1S/C28H29NO5/c1-16-14-29-28(32-4)17(2)27(16)23-7-5-6-22-21(23)10-11-24(22)34-19-8-9-20-18(12-26(30)31-3)15-33-25(20)13-19/h5-9,13-14,18,24H,10-12,15H2,1-4H3/t18?,24-/m1/s1. The van der Waals surface area contributed by atoms with Gasteiger partial charge in [-0.3, -0.25) is 4.79 Å². The van der Waals surface area contributed by atoms with Gasteiger partial charge < -0.3 is 18.9 Å². The van der Waals surface area contributed by atoms with Crippen molar-refractivity contribution in [2.24, 2.45) is 0 Å². The highest BCUT2D eigenvalue weighted by Gasteiger charge is 2.30. The van der Waals surface area contributed by atoms with E-state index in [1.54, 1.807) is 7.11 Å². The SMILES string of the molecule is COC(=O)CC1COc2cc(O[C@@H]3CCc4c(-c5c(C)cnc(OC)c5C)cccc43)ccc21. The maximum absolute atomic E-state index is 11.7. The van der Waals surface area contributed by atoms with Crippen LogP contribution in [0.25, 0.3) is 11.1 Å². The zero-order valence-electron chi connectivity index (χ0n) is 20.0. The molecule has 2 aliphatic rings. The molecular weight excluding hydrogens is 430 g/mol. The van der Waals surface area contributed by atoms with Gasteiger partial charge in [-0.25, -0.2) is 4.98 Å². The van der Waals surface area contributed by atoms with E-state index in [1.807, 2.05) is 24.4 Å². The molecule has 1 aromatic heterocycles. The normalized spacial score (nSPS) is 18.1. The van der Waals surface area contributed by atoms with Crippen LogP contribution in [0.2, 0.25) is 0 Å². The number of aromatic nitrogens is 1. The summed E-state index contributed by atoms with van der Waals surface area (Å²) in [5, 5.41) is 0. The highest BCUT2D eigenvalue weighted by Crippen LogP contribution is 2.44. The number of benzene rings is 2. The van der Waals surface area contributed by atoms with Gasteiger partial charge in [-0.05, 0) is 60.6 Å². The topological polar surface area (TPSA) is 66.9 Å². The first-order chi connectivity index (χ1) is 16.5. The number of esters is 1. The molecule has 6 heteroatoms. The summed E-state index contributed by atoms with van der Waals surface area (Å²) in [6, 6.07) is 12.4. The maximum atomic E-state index is 11.7. The van der Waals surface area contributed by atoms with E-state index in [0.717, 1.165) is 41.0 Å². The molecule has 2 aromatic carbocycles. The minimum absolute atomic E-state index is 0.0232. The molecule has 2 heterocycles. The summed E-state index contributed by atoms with van der Waals surface area (Å²) in [5.74, 6) is 2.02. The van der Waals surface area contributed by atoms with Gasteiger partial charge in [0.2, 0.25) is 5.88 Å². The van der Waals surface area contributed by atoms with Crippen molar-refractivity contribution < 1.29 is 23.7 Å². The molecule has 3 aromatic rings. The van der Waals surface area contributed by atoms with Crippen LogP contribution in [0.15, 0.2) is 42.6 Å². The fourth-order valence-corrected chi connectivity index (χ4v) is 5.26. The molecule has 176 valence electrons. The summed E-state index contributed by atoms with van der Waals surface area (Å²) in [6.45, 7) is 4.64. The lowest BCUT2D eigenvalue weighted by Crippen LogP contribution is -2.09. The third-order valence-electron chi connectivity index (χ3n) is 6.93. The van der Waals surface area contributed by atoms with Crippen LogP contribution in [0.3, 0.4) is 0 Å². The molecule has 2 atom stereocenters. The van der Waals surface area contributed by atoms with Crippen LogP contribution in [-0.4, -0.2) is 31.8 Å². The smallest absolute Gasteiger partial charge is 0.306 e. The Hall–Kier alpha value is -3.54. The summed E-state index contributed by atoms with van der Waals surface area (Å²) in [7, 11) is 3.07. The van der Waals surface area contributed by atoms with Crippen molar-refractivity contribution in [1.29, 1.82) is 0 Å². The lowest BCUT2D eigenvalue weighted by molar-refractivity contribution is -0.141. The van der Waals surface area contributed by atoms with E-state index in [2.05, 4.69) is 37.0 Å². The molecule has 0 amide bonds. The number of fused-ring (bicyclic) bond motifs is 2. The van der Waals surface area contributed by atoms with Crippen LogP contribution in [0.1, 0.15) is 52.7 Å². The van der Waals surface area contributed by atoms with Crippen LogP contribution < -0.4 is 14.2 Å². The highest BCUT2D eigenvalue weighted by molar-refractivity contribution is 5.76. The summed E-state index contributed by atoms with van der Waals surface area (Å²) in [4.78, 5) is 16.1. The minimum Gasteiger partial charge on any atom is -0.492 e. The van der Waals surface area contributed by atoms with E-state index in [9.17, 15) is 4.79 Å². The fourth-order valence-electron chi connectivity index (χ4n) is 5.26.